The van der Waals surface area contributed by atoms with Crippen LogP contribution < -0.4 is 0 Å². The number of nitro groups is 1. The van der Waals surface area contributed by atoms with Gasteiger partial charge in [-0.15, -0.1) is 0 Å². The fourth-order valence-corrected chi connectivity index (χ4v) is 2.45. The summed E-state index contributed by atoms with van der Waals surface area (Å²) < 4.78 is 15.5. The molecule has 0 bridgehead atoms. The molecule has 1 aromatic heterocycles. The van der Waals surface area contributed by atoms with E-state index in [1.165, 1.54) is 37.5 Å². The molecule has 1 heterocycles. The van der Waals surface area contributed by atoms with Crippen LogP contribution in [-0.4, -0.2) is 30.7 Å². The van der Waals surface area contributed by atoms with Crippen molar-refractivity contribution < 1.29 is 23.6 Å². The first kappa shape index (κ1) is 20.2. The predicted octanol–water partition coefficient (Wildman–Crippen LogP) is 3.99. The smallest absolute Gasteiger partial charge is 0.349 e. The van der Waals surface area contributed by atoms with Gasteiger partial charge >= 0.3 is 5.97 Å². The number of rotatable bonds is 7. The first-order valence-electron chi connectivity index (χ1n) is 7.71. The van der Waals surface area contributed by atoms with Crippen LogP contribution in [-0.2, 0) is 14.3 Å². The van der Waals surface area contributed by atoms with Crippen molar-refractivity contribution in [2.45, 2.75) is 13.0 Å². The molecule has 0 amide bonds. The number of hydrogen-bond donors (Lipinski definition) is 0. The van der Waals surface area contributed by atoms with Crippen LogP contribution in [0.2, 0.25) is 5.02 Å². The van der Waals surface area contributed by atoms with Crippen molar-refractivity contribution in [1.29, 1.82) is 5.26 Å². The number of furan rings is 1. The third-order valence-corrected chi connectivity index (χ3v) is 3.70. The van der Waals surface area contributed by atoms with Gasteiger partial charge in [0.25, 0.3) is 5.69 Å². The second kappa shape index (κ2) is 8.98. The predicted molar refractivity (Wildman–Crippen MR) is 96.8 cm³/mol. The molecule has 140 valence electrons. The topological polar surface area (TPSA) is 116 Å². The Morgan fingerprint density at radius 2 is 2.19 bits per heavy atom. The van der Waals surface area contributed by atoms with Crippen LogP contribution in [0, 0.1) is 21.4 Å². The number of ether oxygens (including phenoxy) is 2. The average molecular weight is 391 g/mol. The molecule has 0 unspecified atom stereocenters. The highest BCUT2D eigenvalue weighted by Crippen LogP contribution is 2.32. The summed E-state index contributed by atoms with van der Waals surface area (Å²) in [6, 6.07) is 8.85. The van der Waals surface area contributed by atoms with E-state index in [-0.39, 0.29) is 28.7 Å². The molecular weight excluding hydrogens is 376 g/mol. The summed E-state index contributed by atoms with van der Waals surface area (Å²) in [4.78, 5) is 22.2. The number of nitrogens with zero attached hydrogens (tertiary/aromatic N) is 2. The van der Waals surface area contributed by atoms with Crippen molar-refractivity contribution in [3.05, 3.63) is 56.8 Å². The molecule has 0 spiro atoms. The molecule has 0 N–H and O–H groups in total. The molecule has 0 aliphatic heterocycles. The number of carbonyl (C=O) groups excluding carboxylic acids is 1. The van der Waals surface area contributed by atoms with Gasteiger partial charge in [0.15, 0.2) is 0 Å². The second-order valence-electron chi connectivity index (χ2n) is 5.46. The average Bonchev–Trinajstić information content (AvgIpc) is 3.07. The maximum atomic E-state index is 12.0. The van der Waals surface area contributed by atoms with E-state index in [0.717, 1.165) is 0 Å². The zero-order valence-corrected chi connectivity index (χ0v) is 15.2. The molecular formula is C18H15ClN2O6. The molecule has 0 saturated heterocycles. The lowest BCUT2D eigenvalue weighted by Crippen LogP contribution is -2.20. The number of nitro benzene ring substituents is 1. The minimum atomic E-state index is -0.798. The van der Waals surface area contributed by atoms with Gasteiger partial charge in [0.1, 0.15) is 29.3 Å². The van der Waals surface area contributed by atoms with Crippen molar-refractivity contribution in [3.63, 3.8) is 0 Å². The van der Waals surface area contributed by atoms with Crippen molar-refractivity contribution in [3.8, 4) is 17.4 Å². The largest absolute Gasteiger partial charge is 0.457 e. The van der Waals surface area contributed by atoms with Gasteiger partial charge in [0.05, 0.1) is 16.6 Å². The van der Waals surface area contributed by atoms with Crippen LogP contribution in [0.25, 0.3) is 17.4 Å². The normalized spacial score (nSPS) is 12.3. The first-order valence-corrected chi connectivity index (χ1v) is 8.09. The SMILES string of the molecule is COC[C@H](C)OC(=O)/C(C#N)=C/c1ccc(-c2ccc([N+](=O)[O-])cc2Cl)o1. The maximum Gasteiger partial charge on any atom is 0.349 e. The van der Waals surface area contributed by atoms with E-state index < -0.39 is 17.0 Å². The number of carbonyl (C=O) groups is 1. The van der Waals surface area contributed by atoms with Gasteiger partial charge in [-0.2, -0.15) is 5.26 Å². The Hall–Kier alpha value is -3.15. The molecule has 2 aromatic rings. The minimum Gasteiger partial charge on any atom is -0.457 e. The summed E-state index contributed by atoms with van der Waals surface area (Å²) in [6.45, 7) is 1.84. The highest BCUT2D eigenvalue weighted by atomic mass is 35.5. The Kier molecular flexibility index (Phi) is 6.71. The number of halogens is 1. The number of benzene rings is 1. The lowest BCUT2D eigenvalue weighted by Gasteiger charge is -2.11. The molecule has 1 atom stereocenters. The van der Waals surface area contributed by atoms with Crippen LogP contribution in [0.5, 0.6) is 0 Å². The van der Waals surface area contributed by atoms with Crippen LogP contribution in [0.15, 0.2) is 40.3 Å². The summed E-state index contributed by atoms with van der Waals surface area (Å²) in [5.41, 5.74) is 0.0560. The molecule has 0 fully saturated rings. The van der Waals surface area contributed by atoms with Crippen molar-refractivity contribution in [2.24, 2.45) is 0 Å². The standard InChI is InChI=1S/C18H15ClN2O6/c1-11(10-25-2)26-18(22)12(9-20)7-14-4-6-17(27-14)15-5-3-13(21(23)24)8-16(15)19/h3-8,11H,10H2,1-2H3/b12-7+/t11-/m0/s1. The molecule has 0 radical (unpaired) electrons. The summed E-state index contributed by atoms with van der Waals surface area (Å²) in [5.74, 6) is -0.236. The molecule has 2 rings (SSSR count). The third-order valence-electron chi connectivity index (χ3n) is 3.39. The number of methoxy groups -OCH3 is 1. The Morgan fingerprint density at radius 1 is 1.44 bits per heavy atom. The summed E-state index contributed by atoms with van der Waals surface area (Å²) in [7, 11) is 1.47. The van der Waals surface area contributed by atoms with E-state index in [0.29, 0.717) is 11.3 Å². The van der Waals surface area contributed by atoms with Crippen LogP contribution >= 0.6 is 11.6 Å². The van der Waals surface area contributed by atoms with E-state index in [1.54, 1.807) is 19.1 Å². The van der Waals surface area contributed by atoms with Crippen molar-refractivity contribution in [2.75, 3.05) is 13.7 Å². The van der Waals surface area contributed by atoms with Gasteiger partial charge in [-0.3, -0.25) is 10.1 Å². The number of esters is 1. The molecule has 27 heavy (non-hydrogen) atoms. The quantitative estimate of drug-likeness (QED) is 0.230. The monoisotopic (exact) mass is 390 g/mol. The van der Waals surface area contributed by atoms with E-state index in [2.05, 4.69) is 0 Å². The molecule has 0 aliphatic rings. The highest BCUT2D eigenvalue weighted by molar-refractivity contribution is 6.33. The zero-order valence-electron chi connectivity index (χ0n) is 14.5. The van der Waals surface area contributed by atoms with Gasteiger partial charge in [0.2, 0.25) is 0 Å². The maximum absolute atomic E-state index is 12.0. The highest BCUT2D eigenvalue weighted by Gasteiger charge is 2.17. The number of nitriles is 1. The molecule has 0 aliphatic carbocycles. The summed E-state index contributed by atoms with van der Waals surface area (Å²) in [5, 5.41) is 20.1. The Bertz CT molecular complexity index is 928. The lowest BCUT2D eigenvalue weighted by atomic mass is 10.1. The van der Waals surface area contributed by atoms with Crippen molar-refractivity contribution in [1.82, 2.24) is 0 Å². The van der Waals surface area contributed by atoms with Gasteiger partial charge in [-0.1, -0.05) is 11.6 Å². The van der Waals surface area contributed by atoms with E-state index in [4.69, 9.17) is 25.5 Å². The van der Waals surface area contributed by atoms with Gasteiger partial charge in [-0.05, 0) is 25.1 Å². The third kappa shape index (κ3) is 5.17. The van der Waals surface area contributed by atoms with Gasteiger partial charge in [0, 0.05) is 30.9 Å². The molecule has 0 saturated carbocycles. The fraction of sp³-hybridized carbons (Fsp3) is 0.222. The first-order chi connectivity index (χ1) is 12.8. The number of non-ortho nitro benzene ring substituents is 1. The van der Waals surface area contributed by atoms with E-state index in [9.17, 15) is 20.2 Å². The molecule has 9 heteroatoms. The molecule has 8 nitrogen and oxygen atoms in total. The van der Waals surface area contributed by atoms with Crippen LogP contribution in [0.1, 0.15) is 12.7 Å². The summed E-state index contributed by atoms with van der Waals surface area (Å²) in [6.07, 6.45) is 0.732. The van der Waals surface area contributed by atoms with Crippen molar-refractivity contribution >= 4 is 29.3 Å². The minimum absolute atomic E-state index is 0.141. The number of hydrogen-bond acceptors (Lipinski definition) is 7. The van der Waals surface area contributed by atoms with Gasteiger partial charge in [-0.25, -0.2) is 4.79 Å². The Morgan fingerprint density at radius 3 is 2.78 bits per heavy atom. The van der Waals surface area contributed by atoms with E-state index >= 15 is 0 Å². The molecule has 1 aromatic carbocycles. The Balaban J connectivity index is 2.23. The van der Waals surface area contributed by atoms with Crippen LogP contribution in [0.3, 0.4) is 0 Å². The summed E-state index contributed by atoms with van der Waals surface area (Å²) >= 11 is 6.07. The van der Waals surface area contributed by atoms with Gasteiger partial charge < -0.3 is 13.9 Å². The van der Waals surface area contributed by atoms with E-state index in [1.807, 2.05) is 0 Å². The second-order valence-corrected chi connectivity index (χ2v) is 5.87. The fourth-order valence-electron chi connectivity index (χ4n) is 2.19. The Labute approximate surface area is 159 Å². The zero-order chi connectivity index (χ0) is 20.0. The lowest BCUT2D eigenvalue weighted by molar-refractivity contribution is -0.384. The van der Waals surface area contributed by atoms with Crippen LogP contribution in [0.4, 0.5) is 5.69 Å².